The first-order chi connectivity index (χ1) is 9.49. The van der Waals surface area contributed by atoms with Crippen LogP contribution in [0, 0.1) is 7.14 Å². The van der Waals surface area contributed by atoms with E-state index in [1.165, 1.54) is 0 Å². The van der Waals surface area contributed by atoms with Gasteiger partial charge in [0.15, 0.2) is 0 Å². The molecule has 0 aliphatic heterocycles. The van der Waals surface area contributed by atoms with Crippen molar-refractivity contribution in [1.82, 2.24) is 0 Å². The van der Waals surface area contributed by atoms with E-state index in [0.717, 1.165) is 18.3 Å². The minimum Gasteiger partial charge on any atom is -0.481 e. The minimum absolute atomic E-state index is 0.478. The van der Waals surface area contributed by atoms with Crippen molar-refractivity contribution in [2.75, 3.05) is 5.73 Å². The Kier molecular flexibility index (Phi) is 5.25. The van der Waals surface area contributed by atoms with E-state index in [4.69, 9.17) is 5.73 Å². The molecule has 0 spiro atoms. The Labute approximate surface area is 144 Å². The van der Waals surface area contributed by atoms with E-state index in [1.807, 2.05) is 42.5 Å². The summed E-state index contributed by atoms with van der Waals surface area (Å²) in [5.41, 5.74) is 8.44. The molecule has 0 saturated heterocycles. The fourth-order valence-corrected chi connectivity index (χ4v) is 3.82. The van der Waals surface area contributed by atoms with E-state index in [9.17, 15) is 9.90 Å². The number of hydrogen-bond donors (Lipinski definition) is 2. The van der Waals surface area contributed by atoms with Crippen LogP contribution in [0.25, 0.3) is 0 Å². The van der Waals surface area contributed by atoms with Crippen LogP contribution in [0.1, 0.15) is 17.0 Å². The van der Waals surface area contributed by atoms with E-state index < -0.39 is 11.9 Å². The minimum atomic E-state index is -0.815. The van der Waals surface area contributed by atoms with E-state index in [-0.39, 0.29) is 0 Å². The number of aliphatic carboxylic acids is 1. The van der Waals surface area contributed by atoms with Gasteiger partial charge in [-0.25, -0.2) is 0 Å². The summed E-state index contributed by atoms with van der Waals surface area (Å²) in [6, 6.07) is 13.4. The summed E-state index contributed by atoms with van der Waals surface area (Å²) in [5, 5.41) is 9.50. The topological polar surface area (TPSA) is 63.3 Å². The molecule has 2 aromatic rings. The van der Waals surface area contributed by atoms with E-state index in [0.29, 0.717) is 12.1 Å². The Morgan fingerprint density at radius 2 is 1.70 bits per heavy atom. The van der Waals surface area contributed by atoms with Crippen molar-refractivity contribution in [1.29, 1.82) is 0 Å². The molecular formula is C15H13I2NO2. The summed E-state index contributed by atoms with van der Waals surface area (Å²) < 4.78 is 1.78. The molecule has 1 unspecified atom stereocenters. The van der Waals surface area contributed by atoms with Crippen molar-refractivity contribution in [3.8, 4) is 0 Å². The number of nitrogen functional groups attached to an aromatic ring is 1. The predicted molar refractivity (Wildman–Crippen MR) is 96.8 cm³/mol. The number of nitrogens with two attached hydrogens (primary N) is 1. The Morgan fingerprint density at radius 1 is 1.15 bits per heavy atom. The predicted octanol–water partition coefficient (Wildman–Crippen LogP) is 3.89. The second kappa shape index (κ2) is 6.75. The van der Waals surface area contributed by atoms with Gasteiger partial charge in [0.2, 0.25) is 0 Å². The number of rotatable bonds is 4. The first-order valence-corrected chi connectivity index (χ1v) is 8.16. The molecule has 3 nitrogen and oxygen atoms in total. The van der Waals surface area contributed by atoms with Crippen molar-refractivity contribution >= 4 is 56.8 Å². The summed E-state index contributed by atoms with van der Waals surface area (Å²) in [7, 11) is 0. The maximum absolute atomic E-state index is 11.6. The average Bonchev–Trinajstić information content (AvgIpc) is 2.42. The quantitative estimate of drug-likeness (QED) is 0.502. The number of benzene rings is 2. The van der Waals surface area contributed by atoms with Gasteiger partial charge in [-0.2, -0.15) is 0 Å². The smallest absolute Gasteiger partial charge is 0.311 e. The highest BCUT2D eigenvalue weighted by molar-refractivity contribution is 14.1. The molecule has 104 valence electrons. The number of carboxylic acid groups (broad SMARTS) is 1. The molecule has 0 aliphatic carbocycles. The Hall–Kier alpha value is -0.830. The molecule has 20 heavy (non-hydrogen) atoms. The van der Waals surface area contributed by atoms with Gasteiger partial charge in [0.05, 0.1) is 11.6 Å². The fraction of sp³-hybridized carbons (Fsp3) is 0.133. The highest BCUT2D eigenvalue weighted by atomic mass is 127. The lowest BCUT2D eigenvalue weighted by atomic mass is 9.92. The maximum Gasteiger partial charge on any atom is 0.311 e. The lowest BCUT2D eigenvalue weighted by Gasteiger charge is -2.15. The van der Waals surface area contributed by atoms with Crippen LogP contribution < -0.4 is 5.73 Å². The molecule has 0 radical (unpaired) electrons. The average molecular weight is 493 g/mol. The van der Waals surface area contributed by atoms with Crippen molar-refractivity contribution in [3.05, 3.63) is 60.7 Å². The lowest BCUT2D eigenvalue weighted by molar-refractivity contribution is -0.138. The van der Waals surface area contributed by atoms with Crippen molar-refractivity contribution in [2.45, 2.75) is 12.3 Å². The third kappa shape index (κ3) is 3.63. The van der Waals surface area contributed by atoms with Gasteiger partial charge in [-0.05, 0) is 74.9 Å². The Morgan fingerprint density at radius 3 is 2.20 bits per heavy atom. The molecule has 0 heterocycles. The van der Waals surface area contributed by atoms with Crippen molar-refractivity contribution in [3.63, 3.8) is 0 Å². The molecule has 0 fully saturated rings. The number of carboxylic acids is 1. The van der Waals surface area contributed by atoms with Crippen LogP contribution in [-0.2, 0) is 11.2 Å². The standard InChI is InChI=1S/C15H13I2NO2/c16-12-7-10(8-13(17)14(12)18)11(15(19)20)6-9-4-2-1-3-5-9/h1-5,7-8,11H,6,18H2,(H,19,20). The molecule has 0 saturated carbocycles. The van der Waals surface area contributed by atoms with Crippen molar-refractivity contribution in [2.24, 2.45) is 0 Å². The summed E-state index contributed by atoms with van der Waals surface area (Å²) in [4.78, 5) is 11.6. The Bertz CT molecular complexity index is 606. The molecule has 2 rings (SSSR count). The van der Waals surface area contributed by atoms with Crippen LogP contribution in [0.2, 0.25) is 0 Å². The largest absolute Gasteiger partial charge is 0.481 e. The zero-order valence-corrected chi connectivity index (χ0v) is 14.8. The van der Waals surface area contributed by atoms with Gasteiger partial charge in [0, 0.05) is 7.14 Å². The molecule has 2 aromatic carbocycles. The van der Waals surface area contributed by atoms with E-state index >= 15 is 0 Å². The SMILES string of the molecule is Nc1c(I)cc(C(Cc2ccccc2)C(=O)O)cc1I. The van der Waals surface area contributed by atoms with Crippen LogP contribution in [0.15, 0.2) is 42.5 Å². The molecule has 3 N–H and O–H groups in total. The molecular weight excluding hydrogens is 480 g/mol. The van der Waals surface area contributed by atoms with Gasteiger partial charge in [-0.3, -0.25) is 4.79 Å². The van der Waals surface area contributed by atoms with E-state index in [1.54, 1.807) is 0 Å². The van der Waals surface area contributed by atoms with Crippen LogP contribution in [0.4, 0.5) is 5.69 Å². The zero-order chi connectivity index (χ0) is 14.7. The van der Waals surface area contributed by atoms with Gasteiger partial charge in [-0.15, -0.1) is 0 Å². The first kappa shape index (κ1) is 15.6. The van der Waals surface area contributed by atoms with Gasteiger partial charge in [-0.1, -0.05) is 30.3 Å². The molecule has 0 bridgehead atoms. The van der Waals surface area contributed by atoms with Gasteiger partial charge in [0.25, 0.3) is 0 Å². The molecule has 5 heteroatoms. The summed E-state index contributed by atoms with van der Waals surface area (Å²) in [5.74, 6) is -1.37. The monoisotopic (exact) mass is 493 g/mol. The van der Waals surface area contributed by atoms with Crippen molar-refractivity contribution < 1.29 is 9.90 Å². The van der Waals surface area contributed by atoms with Crippen LogP contribution in [0.5, 0.6) is 0 Å². The highest BCUT2D eigenvalue weighted by Gasteiger charge is 2.22. The summed E-state index contributed by atoms with van der Waals surface area (Å²) >= 11 is 4.28. The van der Waals surface area contributed by atoms with Crippen LogP contribution in [-0.4, -0.2) is 11.1 Å². The fourth-order valence-electron chi connectivity index (χ4n) is 2.00. The maximum atomic E-state index is 11.6. The molecule has 1 atom stereocenters. The second-order valence-corrected chi connectivity index (χ2v) is 6.80. The first-order valence-electron chi connectivity index (χ1n) is 6.00. The normalized spacial score (nSPS) is 12.1. The summed E-state index contributed by atoms with van der Waals surface area (Å²) in [6.45, 7) is 0. The number of anilines is 1. The zero-order valence-electron chi connectivity index (χ0n) is 10.5. The lowest BCUT2D eigenvalue weighted by Crippen LogP contribution is -2.15. The van der Waals surface area contributed by atoms with Gasteiger partial charge in [0.1, 0.15) is 0 Å². The number of carbonyl (C=O) groups is 1. The van der Waals surface area contributed by atoms with Gasteiger partial charge < -0.3 is 10.8 Å². The molecule has 0 aromatic heterocycles. The second-order valence-electron chi connectivity index (χ2n) is 4.48. The van der Waals surface area contributed by atoms with Gasteiger partial charge >= 0.3 is 5.97 Å². The van der Waals surface area contributed by atoms with Crippen LogP contribution in [0.3, 0.4) is 0 Å². The molecule has 0 aliphatic rings. The summed E-state index contributed by atoms with van der Waals surface area (Å²) in [6.07, 6.45) is 0.478. The highest BCUT2D eigenvalue weighted by Crippen LogP contribution is 2.29. The Balaban J connectivity index is 2.37. The van der Waals surface area contributed by atoms with Crippen LogP contribution >= 0.6 is 45.2 Å². The third-order valence-corrected chi connectivity index (χ3v) is 4.87. The number of hydrogen-bond acceptors (Lipinski definition) is 2. The van der Waals surface area contributed by atoms with E-state index in [2.05, 4.69) is 45.2 Å². The third-order valence-electron chi connectivity index (χ3n) is 3.08. The molecule has 0 amide bonds. The number of halogens is 2.